The van der Waals surface area contributed by atoms with Gasteiger partial charge in [0, 0.05) is 19.6 Å². The molecule has 0 aromatic heterocycles. The Kier molecular flexibility index (Phi) is 4.57. The van der Waals surface area contributed by atoms with Gasteiger partial charge in [-0.25, -0.2) is 0 Å². The summed E-state index contributed by atoms with van der Waals surface area (Å²) in [6, 6.07) is 4.85. The number of ether oxygens (including phenoxy) is 1. The maximum atomic E-state index is 11.0. The number of likely N-dealkylation sites (N-methyl/N-ethyl adjacent to an activating group) is 1. The molecule has 0 bridgehead atoms. The van der Waals surface area contributed by atoms with Gasteiger partial charge in [0.15, 0.2) is 0 Å². The molecule has 1 aromatic rings. The van der Waals surface area contributed by atoms with Crippen LogP contribution in [0.3, 0.4) is 0 Å². The lowest BCUT2D eigenvalue weighted by molar-refractivity contribution is -0.383. The van der Waals surface area contributed by atoms with Crippen LogP contribution in [0.5, 0.6) is 0 Å². The van der Waals surface area contributed by atoms with Crippen LogP contribution in [0.25, 0.3) is 0 Å². The topological polar surface area (TPSA) is 67.6 Å². The molecule has 0 saturated carbocycles. The largest absolute Gasteiger partial charge is 0.377 e. The minimum absolute atomic E-state index is 0.0253. The van der Waals surface area contributed by atoms with Crippen molar-refractivity contribution >= 4 is 23.0 Å². The molecule has 104 valence electrons. The molecule has 1 aliphatic heterocycles. The molecule has 0 radical (unpaired) electrons. The van der Waals surface area contributed by atoms with Gasteiger partial charge in [-0.2, -0.15) is 0 Å². The van der Waals surface area contributed by atoms with E-state index >= 15 is 0 Å². The maximum Gasteiger partial charge on any atom is 0.310 e. The zero-order chi connectivity index (χ0) is 13.8. The highest BCUT2D eigenvalue weighted by Crippen LogP contribution is 2.32. The first-order chi connectivity index (χ1) is 9.08. The predicted molar refractivity (Wildman–Crippen MR) is 73.8 cm³/mol. The van der Waals surface area contributed by atoms with E-state index < -0.39 is 4.92 Å². The fourth-order valence-corrected chi connectivity index (χ4v) is 2.30. The second kappa shape index (κ2) is 6.18. The van der Waals surface area contributed by atoms with E-state index in [2.05, 4.69) is 10.2 Å². The van der Waals surface area contributed by atoms with E-state index in [1.807, 2.05) is 7.05 Å². The van der Waals surface area contributed by atoms with Crippen LogP contribution < -0.4 is 5.32 Å². The molecule has 1 N–H and O–H groups in total. The fraction of sp³-hybridized carbons (Fsp3) is 0.500. The Balaban J connectivity index is 2.03. The van der Waals surface area contributed by atoms with Crippen LogP contribution in [0.2, 0.25) is 5.02 Å². The molecule has 0 amide bonds. The van der Waals surface area contributed by atoms with Crippen molar-refractivity contribution in [3.8, 4) is 0 Å². The Bertz CT molecular complexity index is 470. The summed E-state index contributed by atoms with van der Waals surface area (Å²) < 4.78 is 5.59. The van der Waals surface area contributed by atoms with Crippen molar-refractivity contribution in [2.75, 3.05) is 38.6 Å². The molecule has 1 fully saturated rings. The predicted octanol–water partition coefficient (Wildman–Crippen LogP) is 1.99. The fourth-order valence-electron chi connectivity index (χ4n) is 2.06. The molecule has 1 saturated heterocycles. The summed E-state index contributed by atoms with van der Waals surface area (Å²) in [5.74, 6) is 0. The van der Waals surface area contributed by atoms with Gasteiger partial charge in [-0.3, -0.25) is 10.1 Å². The second-order valence-corrected chi connectivity index (χ2v) is 4.94. The normalized spacial score (nSPS) is 20.2. The average Bonchev–Trinajstić information content (AvgIpc) is 2.36. The summed E-state index contributed by atoms with van der Waals surface area (Å²) in [5.41, 5.74) is 0.336. The summed E-state index contributed by atoms with van der Waals surface area (Å²) in [5, 5.41) is 14.2. The molecule has 6 nitrogen and oxygen atoms in total. The van der Waals surface area contributed by atoms with Gasteiger partial charge in [0.2, 0.25) is 0 Å². The zero-order valence-corrected chi connectivity index (χ0v) is 11.4. The zero-order valence-electron chi connectivity index (χ0n) is 10.6. The summed E-state index contributed by atoms with van der Waals surface area (Å²) in [7, 11) is 2.03. The van der Waals surface area contributed by atoms with Crippen LogP contribution in [-0.4, -0.2) is 49.2 Å². The van der Waals surface area contributed by atoms with Gasteiger partial charge in [-0.15, -0.1) is 0 Å². The molecular formula is C12H16ClN3O3. The number of halogens is 1. The standard InChI is InChI=1S/C12H16ClN3O3/c1-15-5-6-19-9(8-15)7-14-11-4-2-3-10(13)12(11)16(17)18/h2-4,9,14H,5-8H2,1H3. The first-order valence-electron chi connectivity index (χ1n) is 6.05. The number of benzene rings is 1. The number of para-hydroxylation sites is 1. The first kappa shape index (κ1) is 14.0. The molecule has 2 rings (SSSR count). The van der Waals surface area contributed by atoms with Crippen LogP contribution in [0, 0.1) is 10.1 Å². The lowest BCUT2D eigenvalue weighted by Crippen LogP contribution is -2.43. The molecule has 0 spiro atoms. The van der Waals surface area contributed by atoms with Crippen molar-refractivity contribution in [1.82, 2.24) is 4.90 Å². The third-order valence-corrected chi connectivity index (χ3v) is 3.34. The molecule has 1 aliphatic rings. The van der Waals surface area contributed by atoms with Crippen molar-refractivity contribution in [2.45, 2.75) is 6.10 Å². The molecule has 1 atom stereocenters. The SMILES string of the molecule is CN1CCOC(CNc2cccc(Cl)c2[N+](=O)[O-])C1. The summed E-state index contributed by atoms with van der Waals surface area (Å²) in [6.07, 6.45) is 0.0253. The summed E-state index contributed by atoms with van der Waals surface area (Å²) in [6.45, 7) is 2.92. The number of nitro benzene ring substituents is 1. The smallest absolute Gasteiger partial charge is 0.310 e. The quantitative estimate of drug-likeness (QED) is 0.677. The van der Waals surface area contributed by atoms with E-state index in [1.165, 1.54) is 6.07 Å². The van der Waals surface area contributed by atoms with Crippen LogP contribution in [-0.2, 0) is 4.74 Å². The number of hydrogen-bond acceptors (Lipinski definition) is 5. The third kappa shape index (κ3) is 3.56. The lowest BCUT2D eigenvalue weighted by atomic mass is 10.2. The van der Waals surface area contributed by atoms with Gasteiger partial charge in [0.1, 0.15) is 10.7 Å². The van der Waals surface area contributed by atoms with Crippen LogP contribution in [0.1, 0.15) is 0 Å². The van der Waals surface area contributed by atoms with Crippen molar-refractivity contribution < 1.29 is 9.66 Å². The van der Waals surface area contributed by atoms with Gasteiger partial charge < -0.3 is 15.0 Å². The van der Waals surface area contributed by atoms with Gasteiger partial charge in [-0.1, -0.05) is 17.7 Å². The lowest BCUT2D eigenvalue weighted by Gasteiger charge is -2.30. The Hall–Kier alpha value is -1.37. The maximum absolute atomic E-state index is 11.0. The average molecular weight is 286 g/mol. The molecule has 1 unspecified atom stereocenters. The van der Waals surface area contributed by atoms with Crippen molar-refractivity contribution in [2.24, 2.45) is 0 Å². The van der Waals surface area contributed by atoms with Crippen molar-refractivity contribution in [1.29, 1.82) is 0 Å². The van der Waals surface area contributed by atoms with Crippen LogP contribution >= 0.6 is 11.6 Å². The third-order valence-electron chi connectivity index (χ3n) is 3.03. The number of nitrogens with zero attached hydrogens (tertiary/aromatic N) is 2. The number of rotatable bonds is 4. The minimum Gasteiger partial charge on any atom is -0.377 e. The number of hydrogen-bond donors (Lipinski definition) is 1. The van der Waals surface area contributed by atoms with E-state index in [-0.39, 0.29) is 16.8 Å². The Labute approximate surface area is 116 Å². The molecule has 1 heterocycles. The summed E-state index contributed by atoms with van der Waals surface area (Å²) in [4.78, 5) is 12.7. The van der Waals surface area contributed by atoms with Crippen LogP contribution in [0.15, 0.2) is 18.2 Å². The van der Waals surface area contributed by atoms with Gasteiger partial charge in [-0.05, 0) is 19.2 Å². The molecule has 1 aromatic carbocycles. The van der Waals surface area contributed by atoms with Gasteiger partial charge in [0.25, 0.3) is 0 Å². The summed E-state index contributed by atoms with van der Waals surface area (Å²) >= 11 is 5.85. The van der Waals surface area contributed by atoms with Gasteiger partial charge >= 0.3 is 5.69 Å². The molecular weight excluding hydrogens is 270 g/mol. The number of morpholine rings is 1. The van der Waals surface area contributed by atoms with E-state index in [9.17, 15) is 10.1 Å². The van der Waals surface area contributed by atoms with Crippen molar-refractivity contribution in [3.63, 3.8) is 0 Å². The minimum atomic E-state index is -0.474. The monoisotopic (exact) mass is 285 g/mol. The van der Waals surface area contributed by atoms with E-state index in [4.69, 9.17) is 16.3 Å². The highest BCUT2D eigenvalue weighted by Gasteiger charge is 2.21. The van der Waals surface area contributed by atoms with Crippen molar-refractivity contribution in [3.05, 3.63) is 33.3 Å². The molecule has 19 heavy (non-hydrogen) atoms. The highest BCUT2D eigenvalue weighted by molar-refractivity contribution is 6.33. The van der Waals surface area contributed by atoms with E-state index in [1.54, 1.807) is 12.1 Å². The highest BCUT2D eigenvalue weighted by atomic mass is 35.5. The molecule has 7 heteroatoms. The number of nitrogens with one attached hydrogen (secondary N) is 1. The second-order valence-electron chi connectivity index (χ2n) is 4.53. The Morgan fingerprint density at radius 1 is 1.63 bits per heavy atom. The van der Waals surface area contributed by atoms with E-state index in [0.717, 1.165) is 13.1 Å². The number of nitro groups is 1. The van der Waals surface area contributed by atoms with Gasteiger partial charge in [0.05, 0.1) is 17.6 Å². The Morgan fingerprint density at radius 3 is 3.11 bits per heavy atom. The van der Waals surface area contributed by atoms with E-state index in [0.29, 0.717) is 18.8 Å². The first-order valence-corrected chi connectivity index (χ1v) is 6.42. The Morgan fingerprint density at radius 2 is 2.42 bits per heavy atom. The van der Waals surface area contributed by atoms with Crippen LogP contribution in [0.4, 0.5) is 11.4 Å². The molecule has 0 aliphatic carbocycles. The number of anilines is 1.